The van der Waals surface area contributed by atoms with Gasteiger partial charge in [0.25, 0.3) is 16.0 Å². The highest BCUT2D eigenvalue weighted by molar-refractivity contribution is 7.85. The Morgan fingerprint density at radius 1 is 1.19 bits per heavy atom. The zero-order chi connectivity index (χ0) is 23.6. The molecule has 1 aliphatic rings. The Morgan fingerprint density at radius 2 is 1.84 bits per heavy atom. The summed E-state index contributed by atoms with van der Waals surface area (Å²) in [6.45, 7) is 5.82. The molecule has 1 N–H and O–H groups in total. The molecule has 1 aliphatic heterocycles. The first-order valence-electron chi connectivity index (χ1n) is 10.9. The Bertz CT molecular complexity index is 1090. The first-order valence-corrected chi connectivity index (χ1v) is 12.7. The third-order valence-electron chi connectivity index (χ3n) is 6.45. The van der Waals surface area contributed by atoms with E-state index < -0.39 is 10.1 Å². The molecule has 1 unspecified atom stereocenters. The lowest BCUT2D eigenvalue weighted by Gasteiger charge is -2.38. The first-order chi connectivity index (χ1) is 15.0. The second-order valence-electron chi connectivity index (χ2n) is 8.70. The van der Waals surface area contributed by atoms with Crippen molar-refractivity contribution in [3.05, 3.63) is 58.1 Å². The van der Waals surface area contributed by atoms with E-state index in [-0.39, 0.29) is 16.7 Å². The number of carbonyl (C=O) groups is 1. The number of anilines is 1. The predicted octanol–water partition coefficient (Wildman–Crippen LogP) is 5.01. The van der Waals surface area contributed by atoms with Crippen LogP contribution in [0.15, 0.2) is 41.3 Å². The molecule has 2 aromatic carbocycles. The lowest BCUT2D eigenvalue weighted by atomic mass is 9.77. The van der Waals surface area contributed by atoms with Crippen molar-refractivity contribution in [3.63, 3.8) is 0 Å². The van der Waals surface area contributed by atoms with Crippen LogP contribution in [0.2, 0.25) is 5.02 Å². The first kappa shape index (κ1) is 24.6. The maximum atomic E-state index is 12.2. The van der Waals surface area contributed by atoms with Gasteiger partial charge in [0.05, 0.1) is 15.5 Å². The van der Waals surface area contributed by atoms with Gasteiger partial charge in [0, 0.05) is 32.9 Å². The molecule has 1 saturated heterocycles. The van der Waals surface area contributed by atoms with Gasteiger partial charge in [0.15, 0.2) is 0 Å². The highest BCUT2D eigenvalue weighted by Crippen LogP contribution is 2.38. The van der Waals surface area contributed by atoms with E-state index in [4.69, 9.17) is 11.6 Å². The number of carbonyl (C=O) groups excluding carboxylic acids is 1. The Kier molecular flexibility index (Phi) is 7.53. The minimum absolute atomic E-state index is 0.0454. The second kappa shape index (κ2) is 9.81. The van der Waals surface area contributed by atoms with Crippen molar-refractivity contribution in [3.8, 4) is 0 Å². The summed E-state index contributed by atoms with van der Waals surface area (Å²) in [4.78, 5) is 16.0. The van der Waals surface area contributed by atoms with Crippen LogP contribution < -0.4 is 4.90 Å². The number of nitrogens with zero attached hydrogens (tertiary/aromatic N) is 2. The van der Waals surface area contributed by atoms with Gasteiger partial charge in [-0.3, -0.25) is 9.35 Å². The highest BCUT2D eigenvalue weighted by atomic mass is 35.5. The molecule has 3 rings (SSSR count). The number of amides is 1. The van der Waals surface area contributed by atoms with Crippen LogP contribution in [0.4, 0.5) is 5.69 Å². The number of rotatable bonds is 6. The van der Waals surface area contributed by atoms with Crippen molar-refractivity contribution in [1.29, 1.82) is 0 Å². The summed E-state index contributed by atoms with van der Waals surface area (Å²) in [5.74, 6) is 0.521. The van der Waals surface area contributed by atoms with Gasteiger partial charge in [0.1, 0.15) is 0 Å². The summed E-state index contributed by atoms with van der Waals surface area (Å²) in [5.41, 5.74) is 3.53. The zero-order valence-electron chi connectivity index (χ0n) is 19.0. The van der Waals surface area contributed by atoms with Crippen molar-refractivity contribution in [2.24, 2.45) is 5.92 Å². The molecule has 1 fully saturated rings. The second-order valence-corrected chi connectivity index (χ2v) is 10.5. The summed E-state index contributed by atoms with van der Waals surface area (Å²) in [5, 5.41) is 0.451. The van der Waals surface area contributed by atoms with Crippen LogP contribution in [0.25, 0.3) is 0 Å². The summed E-state index contributed by atoms with van der Waals surface area (Å²) < 4.78 is 32.7. The smallest absolute Gasteiger partial charge is 0.294 e. The van der Waals surface area contributed by atoms with Crippen molar-refractivity contribution in [1.82, 2.24) is 4.90 Å². The van der Waals surface area contributed by atoms with Crippen LogP contribution in [0.3, 0.4) is 0 Å². The van der Waals surface area contributed by atoms with Crippen LogP contribution in [0.5, 0.6) is 0 Å². The number of halogens is 1. The Labute approximate surface area is 195 Å². The normalized spacial score (nSPS) is 16.1. The quantitative estimate of drug-likeness (QED) is 0.590. The number of benzene rings is 2. The summed E-state index contributed by atoms with van der Waals surface area (Å²) in [6.07, 6.45) is 2.82. The van der Waals surface area contributed by atoms with Gasteiger partial charge < -0.3 is 9.80 Å². The summed E-state index contributed by atoms with van der Waals surface area (Å²) in [6, 6.07) is 10.4. The van der Waals surface area contributed by atoms with E-state index in [1.54, 1.807) is 32.3 Å². The number of hydrogen-bond acceptors (Lipinski definition) is 4. The van der Waals surface area contributed by atoms with Gasteiger partial charge in [-0.1, -0.05) is 24.6 Å². The number of hydrogen-bond donors (Lipinski definition) is 1. The molecule has 32 heavy (non-hydrogen) atoms. The van der Waals surface area contributed by atoms with E-state index >= 15 is 0 Å². The van der Waals surface area contributed by atoms with Gasteiger partial charge in [-0.05, 0) is 79.5 Å². The molecule has 0 aliphatic carbocycles. The molecule has 0 radical (unpaired) electrons. The standard InChI is InChI=1S/C24H31ClN2O4S/c1-5-20(22-15-19(32(29,30)31)8-6-16(22)2)17-10-12-27(13-11-17)18-7-9-21(23(25)14-18)24(28)26(3)4/h6-9,14-15,17,20H,5,10-13H2,1-4H3,(H,29,30,31). The molecule has 0 spiro atoms. The minimum atomic E-state index is -4.23. The minimum Gasteiger partial charge on any atom is -0.371 e. The van der Waals surface area contributed by atoms with Crippen molar-refractivity contribution < 1.29 is 17.8 Å². The monoisotopic (exact) mass is 478 g/mol. The fourth-order valence-corrected chi connectivity index (χ4v) is 5.43. The average Bonchev–Trinajstić information content (AvgIpc) is 2.74. The van der Waals surface area contributed by atoms with Gasteiger partial charge in [-0.25, -0.2) is 0 Å². The van der Waals surface area contributed by atoms with E-state index in [1.165, 1.54) is 11.0 Å². The molecular formula is C24H31ClN2O4S. The molecule has 0 bridgehead atoms. The third kappa shape index (κ3) is 5.27. The van der Waals surface area contributed by atoms with Crippen molar-refractivity contribution in [2.75, 3.05) is 32.1 Å². The zero-order valence-corrected chi connectivity index (χ0v) is 20.6. The fraction of sp³-hybridized carbons (Fsp3) is 0.458. The molecule has 0 aromatic heterocycles. The van der Waals surface area contributed by atoms with E-state index in [0.717, 1.165) is 49.2 Å². The molecule has 1 heterocycles. The molecule has 1 amide bonds. The lowest BCUT2D eigenvalue weighted by Crippen LogP contribution is -2.35. The van der Waals surface area contributed by atoms with Crippen molar-refractivity contribution >= 4 is 33.3 Å². The molecule has 8 heteroatoms. The topological polar surface area (TPSA) is 77.9 Å². The fourth-order valence-electron chi connectivity index (χ4n) is 4.66. The average molecular weight is 479 g/mol. The van der Waals surface area contributed by atoms with Crippen molar-refractivity contribution in [2.45, 2.75) is 43.9 Å². The lowest BCUT2D eigenvalue weighted by molar-refractivity contribution is 0.0828. The van der Waals surface area contributed by atoms with Gasteiger partial charge in [-0.15, -0.1) is 0 Å². The van der Waals surface area contributed by atoms with E-state index in [0.29, 0.717) is 16.5 Å². The van der Waals surface area contributed by atoms with Crippen LogP contribution in [-0.4, -0.2) is 51.0 Å². The number of aryl methyl sites for hydroxylation is 1. The summed E-state index contributed by atoms with van der Waals surface area (Å²) in [7, 11) is -0.820. The van der Waals surface area contributed by atoms with E-state index in [1.807, 2.05) is 19.1 Å². The van der Waals surface area contributed by atoms with Crippen LogP contribution in [0, 0.1) is 12.8 Å². The maximum Gasteiger partial charge on any atom is 0.294 e. The molecule has 174 valence electrons. The van der Waals surface area contributed by atoms with Crippen LogP contribution >= 0.6 is 11.6 Å². The number of piperidine rings is 1. The van der Waals surface area contributed by atoms with Crippen LogP contribution in [0.1, 0.15) is 53.6 Å². The Hall–Kier alpha value is -2.09. The largest absolute Gasteiger partial charge is 0.371 e. The van der Waals surface area contributed by atoms with Gasteiger partial charge in [0.2, 0.25) is 0 Å². The SMILES string of the molecule is CCC(c1cc(S(=O)(=O)O)ccc1C)C1CCN(c2ccc(C(=O)N(C)C)c(Cl)c2)CC1. The predicted molar refractivity (Wildman–Crippen MR) is 128 cm³/mol. The summed E-state index contributed by atoms with van der Waals surface area (Å²) >= 11 is 6.39. The third-order valence-corrected chi connectivity index (χ3v) is 7.61. The van der Waals surface area contributed by atoms with E-state index in [9.17, 15) is 17.8 Å². The van der Waals surface area contributed by atoms with Gasteiger partial charge >= 0.3 is 0 Å². The molecule has 2 aromatic rings. The Balaban J connectivity index is 1.75. The van der Waals surface area contributed by atoms with E-state index in [2.05, 4.69) is 11.8 Å². The van der Waals surface area contributed by atoms with Gasteiger partial charge in [-0.2, -0.15) is 8.42 Å². The molecule has 1 atom stereocenters. The molecular weight excluding hydrogens is 448 g/mol. The molecule has 6 nitrogen and oxygen atoms in total. The maximum absolute atomic E-state index is 12.2. The van der Waals surface area contributed by atoms with Crippen LogP contribution in [-0.2, 0) is 10.1 Å². The molecule has 0 saturated carbocycles. The Morgan fingerprint density at radius 3 is 2.38 bits per heavy atom. The highest BCUT2D eigenvalue weighted by Gasteiger charge is 2.29.